The molecule has 1 saturated carbocycles. The number of hydrogen-bond acceptors (Lipinski definition) is 3. The first-order chi connectivity index (χ1) is 10.7. The Balaban J connectivity index is 1.34. The van der Waals surface area contributed by atoms with E-state index in [9.17, 15) is 4.79 Å². The average molecular weight is 317 g/mol. The summed E-state index contributed by atoms with van der Waals surface area (Å²) >= 11 is 6.10. The van der Waals surface area contributed by atoms with Crippen molar-refractivity contribution in [2.24, 2.45) is 0 Å². The Morgan fingerprint density at radius 1 is 1.27 bits per heavy atom. The number of rotatable bonds is 4. The third-order valence-electron chi connectivity index (χ3n) is 4.41. The van der Waals surface area contributed by atoms with E-state index in [1.54, 1.807) is 0 Å². The molecule has 2 aromatic rings. The van der Waals surface area contributed by atoms with Crippen LogP contribution in [0.1, 0.15) is 36.1 Å². The first-order valence-corrected chi connectivity index (χ1v) is 8.01. The zero-order valence-electron chi connectivity index (χ0n) is 12.2. The number of benzene rings is 1. The predicted molar refractivity (Wildman–Crippen MR) is 82.8 cm³/mol. The van der Waals surface area contributed by atoms with Crippen LogP contribution in [0.4, 0.5) is 0 Å². The molecule has 5 nitrogen and oxygen atoms in total. The molecular formula is C16H17ClN4O. The fourth-order valence-electron chi connectivity index (χ4n) is 2.78. The quantitative estimate of drug-likeness (QED) is 0.870. The van der Waals surface area contributed by atoms with Crippen molar-refractivity contribution in [3.63, 3.8) is 0 Å². The van der Waals surface area contributed by atoms with E-state index < -0.39 is 0 Å². The lowest BCUT2D eigenvalue weighted by Crippen LogP contribution is -2.51. The molecule has 6 heteroatoms. The molecule has 1 aromatic heterocycles. The molecule has 0 atom stereocenters. The summed E-state index contributed by atoms with van der Waals surface area (Å²) in [5, 5.41) is 9.07. The molecule has 1 amide bonds. The third kappa shape index (κ3) is 2.61. The maximum atomic E-state index is 12.3. The molecule has 0 unspecified atom stereocenters. The minimum absolute atomic E-state index is 0.117. The van der Waals surface area contributed by atoms with Gasteiger partial charge in [-0.05, 0) is 24.5 Å². The minimum Gasteiger partial charge on any atom is -0.338 e. The third-order valence-corrected chi connectivity index (χ3v) is 4.78. The first kappa shape index (κ1) is 13.8. The molecule has 0 bridgehead atoms. The second kappa shape index (κ2) is 5.39. The molecule has 22 heavy (non-hydrogen) atoms. The smallest absolute Gasteiger partial charge is 0.227 e. The molecule has 1 saturated heterocycles. The molecular weight excluding hydrogens is 300 g/mol. The Kier molecular flexibility index (Phi) is 3.37. The molecule has 4 rings (SSSR count). The lowest BCUT2D eigenvalue weighted by molar-refractivity contribution is -0.136. The highest BCUT2D eigenvalue weighted by molar-refractivity contribution is 6.31. The molecule has 114 valence electrons. The summed E-state index contributed by atoms with van der Waals surface area (Å²) < 4.78 is 1.91. The minimum atomic E-state index is 0.117. The number of aromatic nitrogens is 3. The lowest BCUT2D eigenvalue weighted by Gasteiger charge is -2.39. The topological polar surface area (TPSA) is 51.0 Å². The van der Waals surface area contributed by atoms with Gasteiger partial charge in [-0.1, -0.05) is 35.0 Å². The number of amides is 1. The molecule has 2 fully saturated rings. The molecule has 1 aliphatic heterocycles. The molecule has 0 radical (unpaired) electrons. The monoisotopic (exact) mass is 316 g/mol. The average Bonchev–Trinajstić information content (AvgIpc) is 3.20. The Bertz CT molecular complexity index is 704. The summed E-state index contributed by atoms with van der Waals surface area (Å²) in [6, 6.07) is 7.75. The Morgan fingerprint density at radius 3 is 2.77 bits per heavy atom. The van der Waals surface area contributed by atoms with E-state index in [2.05, 4.69) is 10.3 Å². The highest BCUT2D eigenvalue weighted by atomic mass is 35.5. The zero-order valence-corrected chi connectivity index (χ0v) is 12.9. The van der Waals surface area contributed by atoms with Crippen LogP contribution >= 0.6 is 11.6 Å². The second-order valence-electron chi connectivity index (χ2n) is 6.12. The predicted octanol–water partition coefficient (Wildman–Crippen LogP) is 2.43. The summed E-state index contributed by atoms with van der Waals surface area (Å²) in [5.41, 5.74) is 1.98. The van der Waals surface area contributed by atoms with Crippen molar-refractivity contribution in [2.45, 2.75) is 31.2 Å². The summed E-state index contributed by atoms with van der Waals surface area (Å²) in [6.45, 7) is 1.41. The van der Waals surface area contributed by atoms with Gasteiger partial charge < -0.3 is 4.90 Å². The molecule has 1 aliphatic carbocycles. The van der Waals surface area contributed by atoms with Gasteiger partial charge in [-0.25, -0.2) is 4.68 Å². The first-order valence-electron chi connectivity index (χ1n) is 7.63. The Labute approximate surface area is 133 Å². The van der Waals surface area contributed by atoms with Crippen molar-refractivity contribution in [3.05, 3.63) is 46.7 Å². The summed E-state index contributed by atoms with van der Waals surface area (Å²) in [5.74, 6) is 0.735. The van der Waals surface area contributed by atoms with Crippen LogP contribution in [0.15, 0.2) is 30.5 Å². The number of nitrogens with zero attached hydrogens (tertiary/aromatic N) is 4. The van der Waals surface area contributed by atoms with Gasteiger partial charge >= 0.3 is 0 Å². The van der Waals surface area contributed by atoms with Gasteiger partial charge in [0.25, 0.3) is 0 Å². The van der Waals surface area contributed by atoms with Crippen LogP contribution in [-0.4, -0.2) is 38.9 Å². The summed E-state index contributed by atoms with van der Waals surface area (Å²) in [7, 11) is 0. The fourth-order valence-corrected chi connectivity index (χ4v) is 2.98. The Hall–Kier alpha value is -1.88. The van der Waals surface area contributed by atoms with E-state index in [1.807, 2.05) is 40.0 Å². The number of halogens is 1. The number of carbonyl (C=O) groups excluding carboxylic acids is 1. The van der Waals surface area contributed by atoms with E-state index in [0.29, 0.717) is 30.5 Å². The molecule has 2 heterocycles. The van der Waals surface area contributed by atoms with Gasteiger partial charge in [0.05, 0.1) is 18.2 Å². The highest BCUT2D eigenvalue weighted by Gasteiger charge is 2.34. The van der Waals surface area contributed by atoms with Crippen molar-refractivity contribution in [2.75, 3.05) is 13.1 Å². The normalized spacial score (nSPS) is 18.3. The zero-order chi connectivity index (χ0) is 15.1. The lowest BCUT2D eigenvalue weighted by atomic mass is 10.1. The summed E-state index contributed by atoms with van der Waals surface area (Å²) in [4.78, 5) is 14.1. The van der Waals surface area contributed by atoms with Crippen LogP contribution in [0.25, 0.3) is 0 Å². The molecule has 0 N–H and O–H groups in total. The van der Waals surface area contributed by atoms with E-state index in [0.717, 1.165) is 11.3 Å². The second-order valence-corrected chi connectivity index (χ2v) is 6.53. The largest absolute Gasteiger partial charge is 0.338 e. The van der Waals surface area contributed by atoms with E-state index >= 15 is 0 Å². The standard InChI is InChI=1S/C16H17ClN4O/c17-14-4-2-1-3-12(14)7-16(22)20-8-13(9-20)21-10-15(18-19-21)11-5-6-11/h1-4,10-11,13H,5-9H2. The van der Waals surface area contributed by atoms with E-state index in [-0.39, 0.29) is 11.9 Å². The van der Waals surface area contributed by atoms with Crippen molar-refractivity contribution in [1.82, 2.24) is 19.9 Å². The van der Waals surface area contributed by atoms with Crippen molar-refractivity contribution in [3.8, 4) is 0 Å². The van der Waals surface area contributed by atoms with Crippen molar-refractivity contribution < 1.29 is 4.79 Å². The van der Waals surface area contributed by atoms with Gasteiger partial charge in [-0.3, -0.25) is 4.79 Å². The van der Waals surface area contributed by atoms with Crippen LogP contribution in [0, 0.1) is 0 Å². The van der Waals surface area contributed by atoms with Crippen LogP contribution < -0.4 is 0 Å². The van der Waals surface area contributed by atoms with Gasteiger partial charge in [0, 0.05) is 30.2 Å². The maximum Gasteiger partial charge on any atom is 0.227 e. The maximum absolute atomic E-state index is 12.3. The van der Waals surface area contributed by atoms with Gasteiger partial charge in [0.15, 0.2) is 0 Å². The number of likely N-dealkylation sites (tertiary alicyclic amines) is 1. The highest BCUT2D eigenvalue weighted by Crippen LogP contribution is 2.39. The number of hydrogen-bond donors (Lipinski definition) is 0. The number of carbonyl (C=O) groups is 1. The van der Waals surface area contributed by atoms with Crippen LogP contribution in [0.3, 0.4) is 0 Å². The van der Waals surface area contributed by atoms with E-state index in [1.165, 1.54) is 12.8 Å². The molecule has 2 aliphatic rings. The van der Waals surface area contributed by atoms with Gasteiger partial charge in [-0.15, -0.1) is 5.10 Å². The van der Waals surface area contributed by atoms with Crippen LogP contribution in [0.5, 0.6) is 0 Å². The van der Waals surface area contributed by atoms with Gasteiger partial charge in [0.1, 0.15) is 0 Å². The van der Waals surface area contributed by atoms with Crippen molar-refractivity contribution in [1.29, 1.82) is 0 Å². The van der Waals surface area contributed by atoms with Gasteiger partial charge in [-0.2, -0.15) is 0 Å². The van der Waals surface area contributed by atoms with Crippen molar-refractivity contribution >= 4 is 17.5 Å². The Morgan fingerprint density at radius 2 is 2.05 bits per heavy atom. The van der Waals surface area contributed by atoms with E-state index in [4.69, 9.17) is 11.6 Å². The van der Waals surface area contributed by atoms with Crippen LogP contribution in [0.2, 0.25) is 5.02 Å². The fraction of sp³-hybridized carbons (Fsp3) is 0.438. The SMILES string of the molecule is O=C(Cc1ccccc1Cl)N1CC(n2cc(C3CC3)nn2)C1. The van der Waals surface area contributed by atoms with Gasteiger partial charge in [0.2, 0.25) is 5.91 Å². The summed E-state index contributed by atoms with van der Waals surface area (Å²) in [6.07, 6.45) is 4.85. The molecule has 0 spiro atoms. The molecule has 1 aromatic carbocycles. The van der Waals surface area contributed by atoms with Crippen LogP contribution in [-0.2, 0) is 11.2 Å².